The van der Waals surface area contributed by atoms with Crippen molar-refractivity contribution >= 4 is 23.2 Å². The van der Waals surface area contributed by atoms with Gasteiger partial charge in [0.1, 0.15) is 11.5 Å². The van der Waals surface area contributed by atoms with E-state index in [2.05, 4.69) is 19.0 Å². The minimum atomic E-state index is -0.472. The monoisotopic (exact) mass is 387 g/mol. The third-order valence-electron chi connectivity index (χ3n) is 4.36. The quantitative estimate of drug-likeness (QED) is 0.383. The summed E-state index contributed by atoms with van der Waals surface area (Å²) in [5.74, 6) is -0.334. The van der Waals surface area contributed by atoms with Crippen LogP contribution in [0.25, 0.3) is 0 Å². The van der Waals surface area contributed by atoms with Crippen LogP contribution in [-0.2, 0) is 9.63 Å². The molecule has 0 amide bonds. The maximum atomic E-state index is 12.5. The van der Waals surface area contributed by atoms with Gasteiger partial charge in [-0.2, -0.15) is 0 Å². The number of carbonyl (C=O) groups is 3. The van der Waals surface area contributed by atoms with Gasteiger partial charge in [0, 0.05) is 12.0 Å². The van der Waals surface area contributed by atoms with Gasteiger partial charge >= 0.3 is 5.97 Å². The highest BCUT2D eigenvalue weighted by molar-refractivity contribution is 6.25. The van der Waals surface area contributed by atoms with Gasteiger partial charge in [0.2, 0.25) is 0 Å². The van der Waals surface area contributed by atoms with Crippen LogP contribution in [0.3, 0.4) is 0 Å². The molecule has 7 nitrogen and oxygen atoms in total. The third-order valence-corrected chi connectivity index (χ3v) is 4.36. The molecule has 7 heteroatoms. The molecular weight excluding hydrogens is 362 g/mol. The Bertz CT molecular complexity index is 851. The van der Waals surface area contributed by atoms with Crippen LogP contribution in [0, 0.1) is 5.92 Å². The van der Waals surface area contributed by atoms with Crippen LogP contribution in [0.2, 0.25) is 0 Å². The van der Waals surface area contributed by atoms with Crippen molar-refractivity contribution in [1.82, 2.24) is 0 Å². The number of nitrogens with zero attached hydrogens (tertiary/aromatic N) is 1. The average Bonchev–Trinajstić information content (AvgIpc) is 2.68. The standard InChI is InChI=1S/C21H25NO6/c1-6-18(25)28-22-14(8-7-12(2)3)13-11-17(26-4)19-15(23)9-10-16(24)20(19)21(13)27-5/h9-12H,6-8H2,1-5H3. The highest BCUT2D eigenvalue weighted by Crippen LogP contribution is 2.38. The summed E-state index contributed by atoms with van der Waals surface area (Å²) in [6.45, 7) is 5.80. The van der Waals surface area contributed by atoms with E-state index in [1.807, 2.05) is 0 Å². The topological polar surface area (TPSA) is 91.3 Å². The van der Waals surface area contributed by atoms with Crippen molar-refractivity contribution in [3.8, 4) is 11.5 Å². The van der Waals surface area contributed by atoms with Gasteiger partial charge in [-0.3, -0.25) is 9.59 Å². The minimum absolute atomic E-state index is 0.128. The summed E-state index contributed by atoms with van der Waals surface area (Å²) in [7, 11) is 2.84. The van der Waals surface area contributed by atoms with E-state index in [1.165, 1.54) is 26.4 Å². The van der Waals surface area contributed by atoms with Crippen LogP contribution in [-0.4, -0.2) is 37.5 Å². The second-order valence-corrected chi connectivity index (χ2v) is 6.76. The van der Waals surface area contributed by atoms with Gasteiger partial charge in [-0.15, -0.1) is 0 Å². The van der Waals surface area contributed by atoms with Crippen LogP contribution in [0.15, 0.2) is 23.4 Å². The van der Waals surface area contributed by atoms with Crippen LogP contribution >= 0.6 is 0 Å². The third kappa shape index (κ3) is 4.47. The first-order valence-electron chi connectivity index (χ1n) is 9.16. The summed E-state index contributed by atoms with van der Waals surface area (Å²) < 4.78 is 10.9. The zero-order chi connectivity index (χ0) is 20.8. The Morgan fingerprint density at radius 3 is 2.25 bits per heavy atom. The van der Waals surface area contributed by atoms with Crippen molar-refractivity contribution in [3.63, 3.8) is 0 Å². The molecule has 0 N–H and O–H groups in total. The Morgan fingerprint density at radius 2 is 1.71 bits per heavy atom. The lowest BCUT2D eigenvalue weighted by Gasteiger charge is -2.20. The van der Waals surface area contributed by atoms with Gasteiger partial charge in [0.15, 0.2) is 11.6 Å². The molecule has 0 atom stereocenters. The van der Waals surface area contributed by atoms with Crippen molar-refractivity contribution in [2.24, 2.45) is 11.1 Å². The number of hydrogen-bond donors (Lipinski definition) is 0. The van der Waals surface area contributed by atoms with Crippen molar-refractivity contribution in [1.29, 1.82) is 0 Å². The molecule has 0 spiro atoms. The van der Waals surface area contributed by atoms with Crippen molar-refractivity contribution in [2.45, 2.75) is 40.0 Å². The molecule has 2 rings (SSSR count). The van der Waals surface area contributed by atoms with E-state index in [9.17, 15) is 14.4 Å². The maximum absolute atomic E-state index is 12.5. The number of rotatable bonds is 8. The highest BCUT2D eigenvalue weighted by atomic mass is 16.7. The molecule has 0 bridgehead atoms. The number of allylic oxidation sites excluding steroid dienone is 2. The van der Waals surface area contributed by atoms with E-state index in [0.717, 1.165) is 6.42 Å². The second kappa shape index (κ2) is 9.30. The summed E-state index contributed by atoms with van der Waals surface area (Å²) in [6, 6.07) is 1.60. The zero-order valence-corrected chi connectivity index (χ0v) is 16.8. The zero-order valence-electron chi connectivity index (χ0n) is 16.8. The summed E-state index contributed by atoms with van der Waals surface area (Å²) in [6.07, 6.45) is 3.87. The first-order chi connectivity index (χ1) is 13.3. The molecule has 1 aromatic carbocycles. The second-order valence-electron chi connectivity index (χ2n) is 6.76. The number of oxime groups is 1. The van der Waals surface area contributed by atoms with Gasteiger partial charge in [0.05, 0.1) is 31.1 Å². The summed E-state index contributed by atoms with van der Waals surface area (Å²) in [4.78, 5) is 41.5. The summed E-state index contributed by atoms with van der Waals surface area (Å²) in [5, 5.41) is 4.03. The number of fused-ring (bicyclic) bond motifs is 1. The van der Waals surface area contributed by atoms with Crippen LogP contribution in [0.1, 0.15) is 66.3 Å². The van der Waals surface area contributed by atoms with Crippen molar-refractivity contribution in [3.05, 3.63) is 34.9 Å². The molecule has 0 saturated carbocycles. The van der Waals surface area contributed by atoms with Crippen molar-refractivity contribution in [2.75, 3.05) is 14.2 Å². The van der Waals surface area contributed by atoms with Crippen LogP contribution in [0.5, 0.6) is 11.5 Å². The molecule has 1 aliphatic carbocycles. The normalized spacial score (nSPS) is 13.6. The van der Waals surface area contributed by atoms with Gasteiger partial charge in [-0.1, -0.05) is 25.9 Å². The SMILES string of the molecule is CCC(=O)ON=C(CCC(C)C)c1cc(OC)c2c(c1OC)C(=O)C=CC2=O. The fourth-order valence-electron chi connectivity index (χ4n) is 2.85. The van der Waals surface area contributed by atoms with E-state index in [-0.39, 0.29) is 40.6 Å². The molecule has 150 valence electrons. The lowest BCUT2D eigenvalue weighted by atomic mass is 9.88. The van der Waals surface area contributed by atoms with Gasteiger partial charge < -0.3 is 14.3 Å². The van der Waals surface area contributed by atoms with E-state index < -0.39 is 5.97 Å². The lowest BCUT2D eigenvalue weighted by molar-refractivity contribution is -0.143. The molecule has 0 unspecified atom stereocenters. The van der Waals surface area contributed by atoms with Crippen molar-refractivity contribution < 1.29 is 28.7 Å². The smallest absolute Gasteiger partial charge is 0.334 e. The summed E-state index contributed by atoms with van der Waals surface area (Å²) >= 11 is 0. The molecule has 0 saturated heterocycles. The number of carbonyl (C=O) groups excluding carboxylic acids is 3. The Hall–Kier alpha value is -2.96. The first-order valence-corrected chi connectivity index (χ1v) is 9.16. The molecule has 0 fully saturated rings. The van der Waals surface area contributed by atoms with Gasteiger partial charge in [0.25, 0.3) is 0 Å². The fourth-order valence-corrected chi connectivity index (χ4v) is 2.85. The Kier molecular flexibility index (Phi) is 7.09. The molecule has 1 aromatic rings. The van der Waals surface area contributed by atoms with Gasteiger partial charge in [-0.25, -0.2) is 4.79 Å². The number of methoxy groups -OCH3 is 2. The predicted octanol–water partition coefficient (Wildman–Crippen LogP) is 3.73. The largest absolute Gasteiger partial charge is 0.496 e. The van der Waals surface area contributed by atoms with Crippen LogP contribution in [0.4, 0.5) is 0 Å². The molecule has 28 heavy (non-hydrogen) atoms. The lowest BCUT2D eigenvalue weighted by Crippen LogP contribution is -2.18. The van der Waals surface area contributed by atoms with E-state index in [0.29, 0.717) is 23.6 Å². The molecule has 0 aromatic heterocycles. The average molecular weight is 387 g/mol. The molecule has 0 radical (unpaired) electrons. The number of ether oxygens (including phenoxy) is 2. The highest BCUT2D eigenvalue weighted by Gasteiger charge is 2.31. The van der Waals surface area contributed by atoms with Crippen LogP contribution < -0.4 is 9.47 Å². The Morgan fingerprint density at radius 1 is 1.07 bits per heavy atom. The Balaban J connectivity index is 2.69. The maximum Gasteiger partial charge on any atom is 0.334 e. The molecule has 0 heterocycles. The fraction of sp³-hybridized carbons (Fsp3) is 0.429. The minimum Gasteiger partial charge on any atom is -0.496 e. The number of ketones is 2. The number of hydrogen-bond acceptors (Lipinski definition) is 7. The first kappa shape index (κ1) is 21.3. The molecule has 0 aliphatic heterocycles. The molecular formula is C21H25NO6. The van der Waals surface area contributed by atoms with E-state index >= 15 is 0 Å². The van der Waals surface area contributed by atoms with E-state index in [1.54, 1.807) is 13.0 Å². The van der Waals surface area contributed by atoms with Gasteiger partial charge in [-0.05, 0) is 37.0 Å². The number of benzene rings is 1. The Labute approximate surface area is 164 Å². The summed E-state index contributed by atoms with van der Waals surface area (Å²) in [5.41, 5.74) is 1.19. The van der Waals surface area contributed by atoms with E-state index in [4.69, 9.17) is 14.3 Å². The molecule has 1 aliphatic rings. The predicted molar refractivity (Wildman–Crippen MR) is 104 cm³/mol.